The highest BCUT2D eigenvalue weighted by Gasteiger charge is 2.09. The van der Waals surface area contributed by atoms with Gasteiger partial charge in [-0.2, -0.15) is 0 Å². The second kappa shape index (κ2) is 4.86. The first-order chi connectivity index (χ1) is 6.59. The van der Waals surface area contributed by atoms with E-state index >= 15 is 0 Å². The van der Waals surface area contributed by atoms with Gasteiger partial charge in [-0.1, -0.05) is 5.57 Å². The molecule has 1 aromatic rings. The van der Waals surface area contributed by atoms with Crippen LogP contribution in [0.3, 0.4) is 0 Å². The summed E-state index contributed by atoms with van der Waals surface area (Å²) in [7, 11) is 0. The average Bonchev–Trinajstić information content (AvgIpc) is 2.15. The number of hydrogen-bond acceptors (Lipinski definition) is 3. The highest BCUT2D eigenvalue weighted by Crippen LogP contribution is 2.16. The molecule has 3 nitrogen and oxygen atoms in total. The first-order valence-electron chi connectivity index (χ1n) is 4.70. The van der Waals surface area contributed by atoms with Crippen LogP contribution in [0.15, 0.2) is 24.5 Å². The van der Waals surface area contributed by atoms with Gasteiger partial charge in [0.2, 0.25) is 0 Å². The van der Waals surface area contributed by atoms with Crippen LogP contribution < -0.4 is 0 Å². The van der Waals surface area contributed by atoms with Gasteiger partial charge < -0.3 is 5.11 Å². The topological polar surface area (TPSA) is 46.0 Å². The first-order valence-corrected chi connectivity index (χ1v) is 4.70. The normalized spacial score (nSPS) is 12.5. The summed E-state index contributed by atoms with van der Waals surface area (Å²) in [5.41, 5.74) is 2.07. The second-order valence-corrected chi connectivity index (χ2v) is 3.63. The van der Waals surface area contributed by atoms with Crippen molar-refractivity contribution >= 4 is 0 Å². The van der Waals surface area contributed by atoms with E-state index in [0.29, 0.717) is 12.2 Å². The van der Waals surface area contributed by atoms with E-state index in [2.05, 4.69) is 16.5 Å². The molecule has 0 aromatic carbocycles. The highest BCUT2D eigenvalue weighted by atomic mass is 16.3. The Kier molecular flexibility index (Phi) is 3.77. The molecule has 14 heavy (non-hydrogen) atoms. The third-order valence-corrected chi connectivity index (χ3v) is 1.94. The van der Waals surface area contributed by atoms with Crippen molar-refractivity contribution in [3.8, 4) is 0 Å². The summed E-state index contributed by atoms with van der Waals surface area (Å²) in [5.74, 6) is 0.497. The minimum atomic E-state index is -0.577. The number of nitrogens with zero attached hydrogens (tertiary/aromatic N) is 2. The molecule has 0 fully saturated rings. The number of rotatable bonds is 4. The van der Waals surface area contributed by atoms with Crippen molar-refractivity contribution in [3.63, 3.8) is 0 Å². The van der Waals surface area contributed by atoms with E-state index < -0.39 is 6.10 Å². The molecule has 0 saturated carbocycles. The summed E-state index contributed by atoms with van der Waals surface area (Å²) >= 11 is 0. The van der Waals surface area contributed by atoms with Crippen molar-refractivity contribution in [3.05, 3.63) is 35.9 Å². The van der Waals surface area contributed by atoms with Gasteiger partial charge >= 0.3 is 0 Å². The zero-order valence-corrected chi connectivity index (χ0v) is 8.70. The molecule has 0 spiro atoms. The number of aliphatic hydroxyl groups is 1. The Morgan fingerprint density at radius 3 is 2.57 bits per heavy atom. The quantitative estimate of drug-likeness (QED) is 0.744. The Hall–Kier alpha value is -1.22. The van der Waals surface area contributed by atoms with E-state index in [9.17, 15) is 5.11 Å². The Balaban J connectivity index is 2.56. The van der Waals surface area contributed by atoms with E-state index in [1.165, 1.54) is 0 Å². The molecule has 0 bridgehead atoms. The van der Waals surface area contributed by atoms with E-state index in [-0.39, 0.29) is 0 Å². The van der Waals surface area contributed by atoms with Gasteiger partial charge in [0.25, 0.3) is 0 Å². The van der Waals surface area contributed by atoms with Crippen LogP contribution in [0.1, 0.15) is 37.3 Å². The van der Waals surface area contributed by atoms with E-state index in [1.54, 1.807) is 12.4 Å². The molecule has 1 heterocycles. The van der Waals surface area contributed by atoms with Crippen LogP contribution in [0, 0.1) is 6.92 Å². The van der Waals surface area contributed by atoms with E-state index in [1.807, 2.05) is 13.8 Å². The lowest BCUT2D eigenvalue weighted by molar-refractivity contribution is 0.158. The number of aromatic nitrogens is 2. The molecule has 0 amide bonds. The van der Waals surface area contributed by atoms with Crippen LogP contribution in [-0.4, -0.2) is 15.1 Å². The minimum Gasteiger partial charge on any atom is -0.385 e. The molecule has 0 aliphatic rings. The van der Waals surface area contributed by atoms with Crippen LogP contribution in [0.2, 0.25) is 0 Å². The molecule has 1 rings (SSSR count). The lowest BCUT2D eigenvalue weighted by atomic mass is 10.1. The lowest BCUT2D eigenvalue weighted by Gasteiger charge is -2.08. The van der Waals surface area contributed by atoms with Gasteiger partial charge in [-0.15, -0.1) is 6.58 Å². The Bertz CT molecular complexity index is 306. The van der Waals surface area contributed by atoms with Gasteiger partial charge in [-0.3, -0.25) is 0 Å². The van der Waals surface area contributed by atoms with Crippen LogP contribution in [0.5, 0.6) is 0 Å². The van der Waals surface area contributed by atoms with Crippen molar-refractivity contribution in [1.29, 1.82) is 0 Å². The number of aliphatic hydroxyl groups excluding tert-OH is 1. The Labute approximate surface area is 84.5 Å². The Morgan fingerprint density at radius 2 is 2.07 bits per heavy atom. The maximum absolute atomic E-state index is 9.69. The number of aryl methyl sites for hydroxylation is 1. The maximum Gasteiger partial charge on any atom is 0.156 e. The van der Waals surface area contributed by atoms with E-state index in [4.69, 9.17) is 0 Å². The molecule has 0 saturated heterocycles. The largest absolute Gasteiger partial charge is 0.385 e. The van der Waals surface area contributed by atoms with E-state index in [0.717, 1.165) is 17.6 Å². The zero-order chi connectivity index (χ0) is 10.6. The van der Waals surface area contributed by atoms with Gasteiger partial charge in [0.05, 0.1) is 0 Å². The molecule has 1 atom stereocenters. The molecule has 3 heteroatoms. The summed E-state index contributed by atoms with van der Waals surface area (Å²) in [6, 6.07) is 0. The molecule has 1 N–H and O–H groups in total. The molecular weight excluding hydrogens is 176 g/mol. The maximum atomic E-state index is 9.69. The average molecular weight is 192 g/mol. The summed E-state index contributed by atoms with van der Waals surface area (Å²) in [6.07, 6.45) is 4.29. The third kappa shape index (κ3) is 3.26. The molecule has 1 unspecified atom stereocenters. The minimum absolute atomic E-state index is 0.497. The zero-order valence-electron chi connectivity index (χ0n) is 8.70. The molecule has 76 valence electrons. The standard InChI is InChI=1S/C11H16N2O/c1-8(2)4-5-10(14)11-12-6-9(3)7-13-11/h6-7,10,14H,1,4-5H2,2-3H3. The van der Waals surface area contributed by atoms with Crippen molar-refractivity contribution in [1.82, 2.24) is 9.97 Å². The smallest absolute Gasteiger partial charge is 0.156 e. The summed E-state index contributed by atoms with van der Waals surface area (Å²) < 4.78 is 0. The fourth-order valence-electron chi connectivity index (χ4n) is 1.09. The summed E-state index contributed by atoms with van der Waals surface area (Å²) in [5, 5.41) is 9.69. The van der Waals surface area contributed by atoms with Crippen molar-refractivity contribution < 1.29 is 5.11 Å². The van der Waals surface area contributed by atoms with Crippen LogP contribution in [-0.2, 0) is 0 Å². The Morgan fingerprint density at radius 1 is 1.50 bits per heavy atom. The molecule has 1 aromatic heterocycles. The lowest BCUT2D eigenvalue weighted by Crippen LogP contribution is -2.03. The molecule has 0 radical (unpaired) electrons. The highest BCUT2D eigenvalue weighted by molar-refractivity contribution is 5.03. The van der Waals surface area contributed by atoms with Gasteiger partial charge in [-0.25, -0.2) is 9.97 Å². The van der Waals surface area contributed by atoms with Gasteiger partial charge in [0.15, 0.2) is 5.82 Å². The fraction of sp³-hybridized carbons (Fsp3) is 0.455. The predicted octanol–water partition coefficient (Wildman–Crippen LogP) is 2.17. The molecular formula is C11H16N2O. The summed E-state index contributed by atoms with van der Waals surface area (Å²) in [4.78, 5) is 8.13. The second-order valence-electron chi connectivity index (χ2n) is 3.63. The third-order valence-electron chi connectivity index (χ3n) is 1.94. The van der Waals surface area contributed by atoms with Crippen LogP contribution in [0.4, 0.5) is 0 Å². The van der Waals surface area contributed by atoms with Crippen LogP contribution >= 0.6 is 0 Å². The van der Waals surface area contributed by atoms with Gasteiger partial charge in [0, 0.05) is 12.4 Å². The molecule has 0 aliphatic heterocycles. The number of hydrogen-bond donors (Lipinski definition) is 1. The van der Waals surface area contributed by atoms with Crippen molar-refractivity contribution in [2.45, 2.75) is 32.8 Å². The van der Waals surface area contributed by atoms with Gasteiger partial charge in [0.1, 0.15) is 6.10 Å². The predicted molar refractivity (Wildman–Crippen MR) is 55.8 cm³/mol. The van der Waals surface area contributed by atoms with Crippen LogP contribution in [0.25, 0.3) is 0 Å². The SMILES string of the molecule is C=C(C)CCC(O)c1ncc(C)cn1. The number of allylic oxidation sites excluding steroid dienone is 1. The van der Waals surface area contributed by atoms with Gasteiger partial charge in [-0.05, 0) is 32.3 Å². The monoisotopic (exact) mass is 192 g/mol. The van der Waals surface area contributed by atoms with Crippen molar-refractivity contribution in [2.24, 2.45) is 0 Å². The molecule has 0 aliphatic carbocycles. The first kappa shape index (κ1) is 10.9. The van der Waals surface area contributed by atoms with Crippen molar-refractivity contribution in [2.75, 3.05) is 0 Å². The fourth-order valence-corrected chi connectivity index (χ4v) is 1.09. The summed E-state index contributed by atoms with van der Waals surface area (Å²) in [6.45, 7) is 7.65.